The van der Waals surface area contributed by atoms with E-state index in [-0.39, 0.29) is 0 Å². The lowest BCUT2D eigenvalue weighted by Gasteiger charge is -2.43. The average molecular weight is 516 g/mol. The molecule has 0 rings (SSSR count). The van der Waals surface area contributed by atoms with Crippen LogP contribution in [0.2, 0.25) is 0 Å². The molecule has 0 aliphatic heterocycles. The molecule has 1 unspecified atom stereocenters. The lowest BCUT2D eigenvalue weighted by Crippen LogP contribution is -2.77. The fraction of sp³-hybridized carbons (Fsp3) is 0.900. The van der Waals surface area contributed by atoms with Gasteiger partial charge >= 0.3 is 59.6 Å². The summed E-state index contributed by atoms with van der Waals surface area (Å²) in [4.78, 5) is 9.85. The first-order valence-electron chi connectivity index (χ1n) is 6.23. The van der Waals surface area contributed by atoms with E-state index in [1.165, 1.54) is 0 Å². The van der Waals surface area contributed by atoms with Crippen molar-refractivity contribution in [3.05, 3.63) is 0 Å². The molecule has 0 spiro atoms. The smallest absolute Gasteiger partial charge is 0.257 e. The van der Waals surface area contributed by atoms with Crippen molar-refractivity contribution in [2.75, 3.05) is 0 Å². The van der Waals surface area contributed by atoms with Gasteiger partial charge in [-0.05, 0) is 0 Å². The predicted octanol–water partition coefficient (Wildman–Crippen LogP) is 6.13. The SMILES string of the molecule is O=C(F)C(F)(C(F)(F)F)C(F)(F)C(F)(F)C(F)(F)C(F)(F)C(F)(F)C(F)(F)C(F)(F)F. The number of alkyl halides is 19. The van der Waals surface area contributed by atoms with Crippen LogP contribution in [0.5, 0.6) is 0 Å². The zero-order valence-electron chi connectivity index (χ0n) is 13.0. The van der Waals surface area contributed by atoms with E-state index in [0.717, 1.165) is 0 Å². The van der Waals surface area contributed by atoms with Crippen molar-refractivity contribution < 1.29 is 92.6 Å². The number of halogens is 20. The van der Waals surface area contributed by atoms with E-state index in [2.05, 4.69) is 0 Å². The standard InChI is InChI=1S/C10F20O/c11-1(31)2(12,9(25,26)27)3(13,14)4(15,16)5(17,18)6(19,20)7(21,22)8(23,24)10(28,29)30. The van der Waals surface area contributed by atoms with Gasteiger partial charge in [-0.25, -0.2) is 4.39 Å². The van der Waals surface area contributed by atoms with E-state index >= 15 is 0 Å². The monoisotopic (exact) mass is 516 g/mol. The second-order valence-electron chi connectivity index (χ2n) is 5.37. The summed E-state index contributed by atoms with van der Waals surface area (Å²) < 4.78 is 253. The summed E-state index contributed by atoms with van der Waals surface area (Å²) in [6.45, 7) is 0. The fourth-order valence-electron chi connectivity index (χ4n) is 1.60. The third kappa shape index (κ3) is 3.35. The minimum absolute atomic E-state index is 5.32. The van der Waals surface area contributed by atoms with E-state index < -0.39 is 59.6 Å². The molecule has 0 aromatic carbocycles. The van der Waals surface area contributed by atoms with E-state index in [1.807, 2.05) is 0 Å². The summed E-state index contributed by atoms with van der Waals surface area (Å²) in [6, 6.07) is -5.32. The summed E-state index contributed by atoms with van der Waals surface area (Å²) in [6.07, 6.45) is -16.0. The maximum absolute atomic E-state index is 13.2. The maximum Gasteiger partial charge on any atom is 0.460 e. The number of carbonyl (C=O) groups excluding carboxylic acids is 1. The number of rotatable bonds is 7. The van der Waals surface area contributed by atoms with Crippen LogP contribution >= 0.6 is 0 Å². The van der Waals surface area contributed by atoms with Crippen LogP contribution in [0.15, 0.2) is 0 Å². The highest BCUT2D eigenvalue weighted by molar-refractivity contribution is 5.81. The highest BCUT2D eigenvalue weighted by Crippen LogP contribution is 2.65. The zero-order valence-corrected chi connectivity index (χ0v) is 13.0. The van der Waals surface area contributed by atoms with Gasteiger partial charge in [0.1, 0.15) is 0 Å². The van der Waals surface area contributed by atoms with Gasteiger partial charge in [-0.1, -0.05) is 0 Å². The fourth-order valence-corrected chi connectivity index (χ4v) is 1.60. The Bertz CT molecular complexity index is 696. The topological polar surface area (TPSA) is 17.1 Å². The lowest BCUT2D eigenvalue weighted by atomic mass is 9.84. The Hall–Kier alpha value is -1.73. The van der Waals surface area contributed by atoms with Gasteiger partial charge in [0.2, 0.25) is 0 Å². The summed E-state index contributed by atoms with van der Waals surface area (Å²) in [5, 5.41) is 0. The first-order chi connectivity index (χ1) is 12.9. The molecular weight excluding hydrogens is 516 g/mol. The van der Waals surface area contributed by atoms with Gasteiger partial charge in [-0.3, -0.25) is 4.79 Å². The van der Waals surface area contributed by atoms with Crippen molar-refractivity contribution in [3.8, 4) is 0 Å². The number of hydrogen-bond acceptors (Lipinski definition) is 1. The molecule has 0 aliphatic rings. The first kappa shape index (κ1) is 29.3. The molecule has 0 amide bonds. The molecule has 0 aromatic heterocycles. The molecular formula is C10F20O. The van der Waals surface area contributed by atoms with Crippen molar-refractivity contribution >= 4 is 6.04 Å². The van der Waals surface area contributed by atoms with Crippen LogP contribution in [-0.4, -0.2) is 59.6 Å². The summed E-state index contributed by atoms with van der Waals surface area (Å²) in [7, 11) is 0. The Morgan fingerprint density at radius 3 is 0.774 bits per heavy atom. The van der Waals surface area contributed by atoms with Gasteiger partial charge in [0, 0.05) is 0 Å². The van der Waals surface area contributed by atoms with Crippen LogP contribution in [0, 0.1) is 0 Å². The molecule has 0 saturated carbocycles. The molecule has 0 radical (unpaired) electrons. The summed E-state index contributed by atoms with van der Waals surface area (Å²) >= 11 is 0. The molecule has 1 nitrogen and oxygen atoms in total. The highest BCUT2D eigenvalue weighted by Gasteiger charge is 2.97. The van der Waals surface area contributed by atoms with Gasteiger partial charge in [0.05, 0.1) is 0 Å². The molecule has 186 valence electrons. The quantitative estimate of drug-likeness (QED) is 0.294. The van der Waals surface area contributed by atoms with Gasteiger partial charge in [-0.15, -0.1) is 0 Å². The second-order valence-corrected chi connectivity index (χ2v) is 5.37. The average Bonchev–Trinajstić information content (AvgIpc) is 2.50. The Balaban J connectivity index is 7.08. The Morgan fingerprint density at radius 1 is 0.355 bits per heavy atom. The molecule has 0 N–H and O–H groups in total. The third-order valence-corrected chi connectivity index (χ3v) is 3.42. The van der Waals surface area contributed by atoms with Crippen molar-refractivity contribution in [1.29, 1.82) is 0 Å². The van der Waals surface area contributed by atoms with Crippen molar-refractivity contribution in [2.45, 2.75) is 53.6 Å². The molecule has 0 aliphatic carbocycles. The van der Waals surface area contributed by atoms with E-state index in [4.69, 9.17) is 0 Å². The zero-order chi connectivity index (χ0) is 26.1. The van der Waals surface area contributed by atoms with Gasteiger partial charge in [0.15, 0.2) is 0 Å². The largest absolute Gasteiger partial charge is 0.460 e. The Morgan fingerprint density at radius 2 is 0.581 bits per heavy atom. The maximum atomic E-state index is 13.2. The van der Waals surface area contributed by atoms with Crippen LogP contribution in [0.1, 0.15) is 0 Å². The minimum atomic E-state index is -9.11. The van der Waals surface area contributed by atoms with Gasteiger partial charge in [0.25, 0.3) is 0 Å². The second kappa shape index (κ2) is 6.88. The molecule has 21 heteroatoms. The van der Waals surface area contributed by atoms with Gasteiger partial charge in [-0.2, -0.15) is 83.4 Å². The van der Waals surface area contributed by atoms with Crippen molar-refractivity contribution in [3.63, 3.8) is 0 Å². The Labute approximate surface area is 153 Å². The van der Waals surface area contributed by atoms with Crippen LogP contribution in [0.4, 0.5) is 87.8 Å². The molecule has 0 saturated heterocycles. The summed E-state index contributed by atoms with van der Waals surface area (Å²) in [5.74, 6) is -53.2. The molecule has 1 atom stereocenters. The van der Waals surface area contributed by atoms with Crippen molar-refractivity contribution in [2.24, 2.45) is 0 Å². The van der Waals surface area contributed by atoms with Crippen LogP contribution in [0.3, 0.4) is 0 Å². The van der Waals surface area contributed by atoms with E-state index in [1.54, 1.807) is 0 Å². The molecule has 0 heterocycles. The van der Waals surface area contributed by atoms with Crippen molar-refractivity contribution in [1.82, 2.24) is 0 Å². The molecule has 0 bridgehead atoms. The van der Waals surface area contributed by atoms with E-state index in [9.17, 15) is 92.6 Å². The van der Waals surface area contributed by atoms with Crippen LogP contribution < -0.4 is 0 Å². The van der Waals surface area contributed by atoms with Crippen LogP contribution in [-0.2, 0) is 4.79 Å². The van der Waals surface area contributed by atoms with Crippen LogP contribution in [0.25, 0.3) is 0 Å². The van der Waals surface area contributed by atoms with E-state index in [0.29, 0.717) is 0 Å². The minimum Gasteiger partial charge on any atom is -0.257 e. The predicted molar refractivity (Wildman–Crippen MR) is 51.7 cm³/mol. The third-order valence-electron chi connectivity index (χ3n) is 3.42. The first-order valence-corrected chi connectivity index (χ1v) is 6.23. The highest BCUT2D eigenvalue weighted by atomic mass is 19.4. The normalized spacial score (nSPS) is 18.1. The summed E-state index contributed by atoms with van der Waals surface area (Å²) in [5.41, 5.74) is -8.18. The number of carbonyl (C=O) groups is 1. The molecule has 0 fully saturated rings. The lowest BCUT2D eigenvalue weighted by molar-refractivity contribution is -0.462. The Kier molecular flexibility index (Phi) is 6.50. The molecule has 0 aromatic rings. The number of hydrogen-bond donors (Lipinski definition) is 0. The molecule has 31 heavy (non-hydrogen) atoms. The van der Waals surface area contributed by atoms with Gasteiger partial charge < -0.3 is 0 Å².